The van der Waals surface area contributed by atoms with Crippen LogP contribution < -0.4 is 0 Å². The Bertz CT molecular complexity index is 479. The van der Waals surface area contributed by atoms with E-state index in [0.29, 0.717) is 5.92 Å². The zero-order valence-electron chi connectivity index (χ0n) is 13.0. The van der Waals surface area contributed by atoms with Gasteiger partial charge >= 0.3 is 11.9 Å². The first-order valence-corrected chi connectivity index (χ1v) is 7.45. The maximum atomic E-state index is 12.0. The molecule has 1 N–H and O–H groups in total. The van der Waals surface area contributed by atoms with E-state index < -0.39 is 11.9 Å². The second-order valence-electron chi connectivity index (χ2n) is 5.74. The molecule has 1 aromatic rings. The van der Waals surface area contributed by atoms with Crippen molar-refractivity contribution in [2.45, 2.75) is 52.6 Å². The Hall–Kier alpha value is -1.84. The summed E-state index contributed by atoms with van der Waals surface area (Å²) >= 11 is 0. The smallest absolute Gasteiger partial charge is 0.339 e. The highest BCUT2D eigenvalue weighted by Crippen LogP contribution is 2.15. The van der Waals surface area contributed by atoms with Crippen LogP contribution in [0.1, 0.15) is 67.2 Å². The van der Waals surface area contributed by atoms with E-state index in [0.717, 1.165) is 19.3 Å². The number of carboxylic acid groups (broad SMARTS) is 1. The van der Waals surface area contributed by atoms with Crippen molar-refractivity contribution >= 4 is 11.9 Å². The maximum Gasteiger partial charge on any atom is 0.339 e. The third-order valence-corrected chi connectivity index (χ3v) is 3.33. The molecule has 0 saturated carbocycles. The second kappa shape index (κ2) is 8.45. The van der Waals surface area contributed by atoms with Crippen molar-refractivity contribution in [3.8, 4) is 0 Å². The minimum absolute atomic E-state index is 0.0190. The average Bonchev–Trinajstić information content (AvgIpc) is 2.43. The molecule has 0 aliphatic carbocycles. The summed E-state index contributed by atoms with van der Waals surface area (Å²) in [4.78, 5) is 23.1. The summed E-state index contributed by atoms with van der Waals surface area (Å²) in [6.45, 7) is 6.22. The summed E-state index contributed by atoms with van der Waals surface area (Å²) in [6, 6.07) is 6.12. The zero-order chi connectivity index (χ0) is 15.8. The fraction of sp³-hybridized carbons (Fsp3) is 0.529. The maximum absolute atomic E-state index is 12.0. The Morgan fingerprint density at radius 1 is 1.05 bits per heavy atom. The molecular formula is C17H24O4. The Balaban J connectivity index is 2.51. The monoisotopic (exact) mass is 292 g/mol. The van der Waals surface area contributed by atoms with E-state index in [-0.39, 0.29) is 17.2 Å². The fourth-order valence-corrected chi connectivity index (χ4v) is 2.14. The number of carbonyl (C=O) groups excluding carboxylic acids is 1. The number of hydrogen-bond acceptors (Lipinski definition) is 3. The summed E-state index contributed by atoms with van der Waals surface area (Å²) in [5.74, 6) is -0.998. The Morgan fingerprint density at radius 3 is 2.19 bits per heavy atom. The van der Waals surface area contributed by atoms with Crippen LogP contribution >= 0.6 is 0 Å². The first-order valence-electron chi connectivity index (χ1n) is 7.45. The predicted octanol–water partition coefficient (Wildman–Crippen LogP) is 4.15. The largest absolute Gasteiger partial charge is 0.478 e. The lowest BCUT2D eigenvalue weighted by molar-refractivity contribution is 0.0313. The molecule has 0 aliphatic heterocycles. The van der Waals surface area contributed by atoms with Crippen LogP contribution in [-0.4, -0.2) is 23.1 Å². The normalized spacial score (nSPS) is 12.2. The second-order valence-corrected chi connectivity index (χ2v) is 5.74. The van der Waals surface area contributed by atoms with E-state index in [4.69, 9.17) is 9.84 Å². The molecule has 1 atom stereocenters. The Morgan fingerprint density at radius 2 is 1.62 bits per heavy atom. The molecule has 1 rings (SSSR count). The Labute approximate surface area is 126 Å². The van der Waals surface area contributed by atoms with Gasteiger partial charge < -0.3 is 9.84 Å². The van der Waals surface area contributed by atoms with Gasteiger partial charge in [-0.3, -0.25) is 0 Å². The molecule has 0 saturated heterocycles. The molecule has 21 heavy (non-hydrogen) atoms. The molecular weight excluding hydrogens is 268 g/mol. The molecule has 116 valence electrons. The average molecular weight is 292 g/mol. The molecule has 1 unspecified atom stereocenters. The van der Waals surface area contributed by atoms with Crippen molar-refractivity contribution in [3.05, 3.63) is 35.4 Å². The molecule has 0 radical (unpaired) electrons. The number of hydrogen-bond donors (Lipinski definition) is 1. The number of esters is 1. The highest BCUT2D eigenvalue weighted by Gasteiger charge is 2.18. The summed E-state index contributed by atoms with van der Waals surface area (Å²) in [7, 11) is 0. The lowest BCUT2D eigenvalue weighted by atomic mass is 10.0. The SMILES string of the molecule is CC(C)CCCCC(C)OC(=O)c1ccccc1C(=O)O. The number of ether oxygens (including phenoxy) is 1. The Kier molecular flexibility index (Phi) is 6.92. The molecule has 0 aliphatic rings. The summed E-state index contributed by atoms with van der Waals surface area (Å²) in [6.07, 6.45) is 3.89. The quantitative estimate of drug-likeness (QED) is 0.577. The highest BCUT2D eigenvalue weighted by molar-refractivity contribution is 6.02. The number of carboxylic acids is 1. The number of benzene rings is 1. The van der Waals surface area contributed by atoms with Crippen molar-refractivity contribution in [2.24, 2.45) is 5.92 Å². The lowest BCUT2D eigenvalue weighted by Gasteiger charge is -2.14. The van der Waals surface area contributed by atoms with Crippen LogP contribution in [-0.2, 0) is 4.74 Å². The highest BCUT2D eigenvalue weighted by atomic mass is 16.5. The molecule has 0 bridgehead atoms. The van der Waals surface area contributed by atoms with Gasteiger partial charge in [-0.25, -0.2) is 9.59 Å². The number of aromatic carboxylic acids is 1. The van der Waals surface area contributed by atoms with Crippen molar-refractivity contribution in [1.82, 2.24) is 0 Å². The van der Waals surface area contributed by atoms with E-state index in [9.17, 15) is 9.59 Å². The predicted molar refractivity (Wildman–Crippen MR) is 81.6 cm³/mol. The third kappa shape index (κ3) is 5.98. The van der Waals surface area contributed by atoms with Gasteiger partial charge in [0.25, 0.3) is 0 Å². The van der Waals surface area contributed by atoms with E-state index >= 15 is 0 Å². The zero-order valence-corrected chi connectivity index (χ0v) is 13.0. The van der Waals surface area contributed by atoms with Gasteiger partial charge in [0.15, 0.2) is 0 Å². The lowest BCUT2D eigenvalue weighted by Crippen LogP contribution is -2.17. The topological polar surface area (TPSA) is 63.6 Å². The summed E-state index contributed by atoms with van der Waals surface area (Å²) in [5, 5.41) is 9.07. The minimum atomic E-state index is -1.12. The van der Waals surface area contributed by atoms with Crippen LogP contribution in [0, 0.1) is 5.92 Å². The van der Waals surface area contributed by atoms with Crippen LogP contribution in [0.4, 0.5) is 0 Å². The van der Waals surface area contributed by atoms with Crippen molar-refractivity contribution in [3.63, 3.8) is 0 Å². The van der Waals surface area contributed by atoms with Gasteiger partial charge in [0.2, 0.25) is 0 Å². The van der Waals surface area contributed by atoms with Crippen LogP contribution in [0.5, 0.6) is 0 Å². The van der Waals surface area contributed by atoms with Gasteiger partial charge in [-0.2, -0.15) is 0 Å². The van der Waals surface area contributed by atoms with E-state index in [2.05, 4.69) is 13.8 Å². The van der Waals surface area contributed by atoms with Gasteiger partial charge in [0.1, 0.15) is 0 Å². The van der Waals surface area contributed by atoms with Gasteiger partial charge in [-0.05, 0) is 37.8 Å². The van der Waals surface area contributed by atoms with Crippen LogP contribution in [0.2, 0.25) is 0 Å². The van der Waals surface area contributed by atoms with E-state index in [1.54, 1.807) is 12.1 Å². The van der Waals surface area contributed by atoms with Gasteiger partial charge in [0.05, 0.1) is 17.2 Å². The van der Waals surface area contributed by atoms with Gasteiger partial charge in [0, 0.05) is 0 Å². The van der Waals surface area contributed by atoms with Crippen molar-refractivity contribution in [2.75, 3.05) is 0 Å². The summed E-state index contributed by atoms with van der Waals surface area (Å²) < 4.78 is 5.33. The first-order chi connectivity index (χ1) is 9.91. The van der Waals surface area contributed by atoms with Crippen LogP contribution in [0.3, 0.4) is 0 Å². The van der Waals surface area contributed by atoms with E-state index in [1.807, 2.05) is 6.92 Å². The molecule has 0 heterocycles. The minimum Gasteiger partial charge on any atom is -0.478 e. The van der Waals surface area contributed by atoms with Crippen molar-refractivity contribution in [1.29, 1.82) is 0 Å². The van der Waals surface area contributed by atoms with Crippen LogP contribution in [0.15, 0.2) is 24.3 Å². The third-order valence-electron chi connectivity index (χ3n) is 3.33. The molecule has 0 fully saturated rings. The molecule has 1 aromatic carbocycles. The summed E-state index contributed by atoms with van der Waals surface area (Å²) in [5.41, 5.74) is 0.0912. The molecule has 0 aromatic heterocycles. The van der Waals surface area contributed by atoms with Crippen LogP contribution in [0.25, 0.3) is 0 Å². The molecule has 4 nitrogen and oxygen atoms in total. The van der Waals surface area contributed by atoms with Gasteiger partial charge in [-0.15, -0.1) is 0 Å². The first kappa shape index (κ1) is 17.2. The number of unbranched alkanes of at least 4 members (excludes halogenated alkanes) is 1. The number of rotatable bonds is 8. The molecule has 0 spiro atoms. The molecule has 4 heteroatoms. The van der Waals surface area contributed by atoms with Crippen molar-refractivity contribution < 1.29 is 19.4 Å². The van der Waals surface area contributed by atoms with Gasteiger partial charge in [-0.1, -0.05) is 38.8 Å². The number of carbonyl (C=O) groups is 2. The van der Waals surface area contributed by atoms with E-state index in [1.165, 1.54) is 18.6 Å². The fourth-order valence-electron chi connectivity index (χ4n) is 2.14. The molecule has 0 amide bonds. The standard InChI is InChI=1S/C17H24O4/c1-12(2)8-4-5-9-13(3)21-17(20)15-11-7-6-10-14(15)16(18)19/h6-7,10-13H,4-5,8-9H2,1-3H3,(H,18,19).